The molecule has 28 heavy (non-hydrogen) atoms. The van der Waals surface area contributed by atoms with Gasteiger partial charge >= 0.3 is 0 Å². The van der Waals surface area contributed by atoms with Gasteiger partial charge in [-0.3, -0.25) is 4.79 Å². The minimum absolute atomic E-state index is 0.0475. The molecule has 0 atom stereocenters. The first-order valence-corrected chi connectivity index (χ1v) is 9.65. The first-order chi connectivity index (χ1) is 13.7. The second-order valence-electron chi connectivity index (χ2n) is 7.75. The SMILES string of the molecule is N#Cc1cccc(CC(=O)N2CCN(c3ccnc4[nH]ccc34)CC23CC3)c1. The van der Waals surface area contributed by atoms with Crippen LogP contribution in [0.1, 0.15) is 24.0 Å². The normalized spacial score (nSPS) is 17.7. The molecule has 2 aromatic heterocycles. The number of piperazine rings is 1. The molecule has 1 saturated carbocycles. The van der Waals surface area contributed by atoms with Crippen LogP contribution in [0, 0.1) is 11.3 Å². The van der Waals surface area contributed by atoms with Crippen molar-refractivity contribution in [2.24, 2.45) is 0 Å². The predicted molar refractivity (Wildman–Crippen MR) is 107 cm³/mol. The van der Waals surface area contributed by atoms with Crippen LogP contribution in [0.5, 0.6) is 0 Å². The van der Waals surface area contributed by atoms with Crippen LogP contribution in [-0.2, 0) is 11.2 Å². The van der Waals surface area contributed by atoms with Gasteiger partial charge in [0.2, 0.25) is 5.91 Å². The molecule has 1 aliphatic carbocycles. The minimum Gasteiger partial charge on any atom is -0.367 e. The van der Waals surface area contributed by atoms with E-state index in [1.807, 2.05) is 30.6 Å². The molecule has 0 unspecified atom stereocenters. The maximum atomic E-state index is 13.0. The summed E-state index contributed by atoms with van der Waals surface area (Å²) in [6.45, 7) is 2.41. The number of fused-ring (bicyclic) bond motifs is 1. The molecule has 2 fully saturated rings. The number of H-pyrrole nitrogens is 1. The summed E-state index contributed by atoms with van der Waals surface area (Å²) in [6, 6.07) is 13.6. The monoisotopic (exact) mass is 371 g/mol. The number of rotatable bonds is 3. The number of amides is 1. The number of carbonyl (C=O) groups is 1. The molecule has 6 nitrogen and oxygen atoms in total. The first-order valence-electron chi connectivity index (χ1n) is 9.65. The molecular weight excluding hydrogens is 350 g/mol. The quantitative estimate of drug-likeness (QED) is 0.768. The maximum Gasteiger partial charge on any atom is 0.227 e. The lowest BCUT2D eigenvalue weighted by Gasteiger charge is -2.43. The van der Waals surface area contributed by atoms with Crippen molar-refractivity contribution >= 4 is 22.6 Å². The lowest BCUT2D eigenvalue weighted by molar-refractivity contribution is -0.134. The van der Waals surface area contributed by atoms with E-state index in [2.05, 4.69) is 38.0 Å². The van der Waals surface area contributed by atoms with Gasteiger partial charge in [-0.05, 0) is 42.7 Å². The van der Waals surface area contributed by atoms with E-state index in [4.69, 9.17) is 5.26 Å². The number of anilines is 1. The zero-order valence-corrected chi connectivity index (χ0v) is 15.6. The molecule has 1 amide bonds. The third kappa shape index (κ3) is 2.80. The van der Waals surface area contributed by atoms with Crippen LogP contribution in [0.25, 0.3) is 11.0 Å². The first kappa shape index (κ1) is 16.8. The zero-order valence-electron chi connectivity index (χ0n) is 15.6. The molecule has 1 aliphatic heterocycles. The Labute approximate surface area is 163 Å². The highest BCUT2D eigenvalue weighted by Crippen LogP contribution is 2.46. The van der Waals surface area contributed by atoms with Crippen LogP contribution in [0.2, 0.25) is 0 Å². The fourth-order valence-corrected chi connectivity index (χ4v) is 4.39. The third-order valence-corrected chi connectivity index (χ3v) is 5.97. The molecule has 3 aromatic rings. The van der Waals surface area contributed by atoms with E-state index >= 15 is 0 Å². The van der Waals surface area contributed by atoms with Crippen molar-refractivity contribution in [3.63, 3.8) is 0 Å². The Hall–Kier alpha value is -3.33. The highest BCUT2D eigenvalue weighted by Gasteiger charge is 2.53. The van der Waals surface area contributed by atoms with Gasteiger partial charge in [-0.15, -0.1) is 0 Å². The number of carbonyl (C=O) groups excluding carboxylic acids is 1. The van der Waals surface area contributed by atoms with Crippen molar-refractivity contribution in [1.82, 2.24) is 14.9 Å². The summed E-state index contributed by atoms with van der Waals surface area (Å²) in [7, 11) is 0. The van der Waals surface area contributed by atoms with Crippen molar-refractivity contribution in [3.05, 3.63) is 59.9 Å². The summed E-state index contributed by atoms with van der Waals surface area (Å²) in [5, 5.41) is 10.2. The van der Waals surface area contributed by atoms with Gasteiger partial charge in [0.15, 0.2) is 0 Å². The van der Waals surface area contributed by atoms with E-state index < -0.39 is 0 Å². The number of benzene rings is 1. The molecule has 1 spiro atoms. The number of hydrogen-bond acceptors (Lipinski definition) is 4. The van der Waals surface area contributed by atoms with Crippen LogP contribution in [-0.4, -0.2) is 45.9 Å². The smallest absolute Gasteiger partial charge is 0.227 e. The number of nitriles is 1. The number of aromatic amines is 1. The molecule has 2 aliphatic rings. The lowest BCUT2D eigenvalue weighted by Crippen LogP contribution is -2.57. The van der Waals surface area contributed by atoms with Crippen LogP contribution in [0.3, 0.4) is 0 Å². The fourth-order valence-electron chi connectivity index (χ4n) is 4.39. The van der Waals surface area contributed by atoms with Crippen LogP contribution in [0.4, 0.5) is 5.69 Å². The van der Waals surface area contributed by atoms with Crippen LogP contribution >= 0.6 is 0 Å². The summed E-state index contributed by atoms with van der Waals surface area (Å²) in [6.07, 6.45) is 6.22. The van der Waals surface area contributed by atoms with Gasteiger partial charge in [0, 0.05) is 43.1 Å². The molecule has 1 saturated heterocycles. The maximum absolute atomic E-state index is 13.0. The Kier molecular flexibility index (Phi) is 3.83. The molecular formula is C22H21N5O. The summed E-state index contributed by atoms with van der Waals surface area (Å²) in [5.41, 5.74) is 3.55. The molecule has 1 aromatic carbocycles. The van der Waals surface area contributed by atoms with Gasteiger partial charge in [-0.25, -0.2) is 4.98 Å². The third-order valence-electron chi connectivity index (χ3n) is 5.97. The van der Waals surface area contributed by atoms with E-state index in [1.165, 1.54) is 5.69 Å². The van der Waals surface area contributed by atoms with E-state index in [0.717, 1.165) is 49.1 Å². The topological polar surface area (TPSA) is 76.0 Å². The molecule has 5 rings (SSSR count). The molecule has 6 heteroatoms. The average Bonchev–Trinajstić information content (AvgIpc) is 3.29. The van der Waals surface area contributed by atoms with Gasteiger partial charge in [-0.1, -0.05) is 12.1 Å². The lowest BCUT2D eigenvalue weighted by atomic mass is 10.0. The molecule has 0 bridgehead atoms. The van der Waals surface area contributed by atoms with Gasteiger partial charge in [0.1, 0.15) is 5.65 Å². The largest absolute Gasteiger partial charge is 0.367 e. The van der Waals surface area contributed by atoms with Crippen molar-refractivity contribution in [3.8, 4) is 6.07 Å². The molecule has 3 heterocycles. The van der Waals surface area contributed by atoms with Gasteiger partial charge in [0.05, 0.1) is 23.6 Å². The fraction of sp³-hybridized carbons (Fsp3) is 0.318. The number of aromatic nitrogens is 2. The summed E-state index contributed by atoms with van der Waals surface area (Å²) in [4.78, 5) is 25.1. The number of nitrogens with one attached hydrogen (secondary N) is 1. The van der Waals surface area contributed by atoms with Gasteiger partial charge in [0.25, 0.3) is 0 Å². The van der Waals surface area contributed by atoms with E-state index in [1.54, 1.807) is 6.07 Å². The van der Waals surface area contributed by atoms with Crippen LogP contribution < -0.4 is 4.90 Å². The van der Waals surface area contributed by atoms with E-state index in [-0.39, 0.29) is 11.4 Å². The summed E-state index contributed by atoms with van der Waals surface area (Å²) >= 11 is 0. The zero-order chi connectivity index (χ0) is 19.1. The van der Waals surface area contributed by atoms with E-state index in [0.29, 0.717) is 12.0 Å². The van der Waals surface area contributed by atoms with Crippen molar-refractivity contribution in [2.45, 2.75) is 24.8 Å². The predicted octanol–water partition coefficient (Wildman–Crippen LogP) is 2.86. The highest BCUT2D eigenvalue weighted by molar-refractivity contribution is 5.90. The Morgan fingerprint density at radius 2 is 2.14 bits per heavy atom. The molecule has 140 valence electrons. The van der Waals surface area contributed by atoms with E-state index in [9.17, 15) is 4.79 Å². The Morgan fingerprint density at radius 1 is 1.25 bits per heavy atom. The number of pyridine rings is 1. The minimum atomic E-state index is -0.0475. The average molecular weight is 371 g/mol. The second-order valence-corrected chi connectivity index (χ2v) is 7.75. The number of hydrogen-bond donors (Lipinski definition) is 1. The van der Waals surface area contributed by atoms with Gasteiger partial charge in [-0.2, -0.15) is 5.26 Å². The standard InChI is InChI=1S/C22H21N5O/c23-14-17-3-1-2-16(12-17)13-20(28)27-11-10-26(15-22(27)6-7-22)19-5-9-25-21-18(19)4-8-24-21/h1-5,8-9,12H,6-7,10-11,13,15H2,(H,24,25). The summed E-state index contributed by atoms with van der Waals surface area (Å²) in [5.74, 6) is 0.161. The van der Waals surface area contributed by atoms with Crippen LogP contribution in [0.15, 0.2) is 48.8 Å². The highest BCUT2D eigenvalue weighted by atomic mass is 16.2. The Bertz CT molecular complexity index is 1090. The summed E-state index contributed by atoms with van der Waals surface area (Å²) < 4.78 is 0. The molecule has 0 radical (unpaired) electrons. The van der Waals surface area contributed by atoms with Crippen molar-refractivity contribution in [1.29, 1.82) is 5.26 Å². The number of nitrogens with zero attached hydrogens (tertiary/aromatic N) is 4. The second kappa shape index (κ2) is 6.38. The van der Waals surface area contributed by atoms with Crippen molar-refractivity contribution in [2.75, 3.05) is 24.5 Å². The Morgan fingerprint density at radius 3 is 2.96 bits per heavy atom. The Balaban J connectivity index is 1.35. The molecule has 1 N–H and O–H groups in total. The van der Waals surface area contributed by atoms with Crippen molar-refractivity contribution < 1.29 is 4.79 Å². The van der Waals surface area contributed by atoms with Gasteiger partial charge < -0.3 is 14.8 Å².